The molecule has 0 fully saturated rings. The molecule has 2 nitrogen and oxygen atoms in total. The lowest BCUT2D eigenvalue weighted by Gasteiger charge is -2.17. The number of unbranched alkanes of at least 4 members (excludes halogenated alkanes) is 30. The average molecular weight is 1530 g/mol. The fourth-order valence-corrected chi connectivity index (χ4v) is 21.8. The van der Waals surface area contributed by atoms with Crippen molar-refractivity contribution in [3.63, 3.8) is 0 Å². The summed E-state index contributed by atoms with van der Waals surface area (Å²) < 4.78 is 48.9. The first-order valence-electron chi connectivity index (χ1n) is 40.0. The van der Waals surface area contributed by atoms with E-state index in [0.717, 1.165) is 47.2 Å². The lowest BCUT2D eigenvalue weighted by atomic mass is 9.88. The van der Waals surface area contributed by atoms with Crippen molar-refractivity contribution in [1.82, 2.24) is 8.75 Å². The standard InChI is InChI=1S/C84H132Br2F2N2S5/c1-9-17-25-33-37-45-51-63(47-39-29-21-13-5)55-67-59-71(91-81(67)73-61-69(83(85)93-73)57-65(49-41-31-23-15-7)53-43-35-27-19-11-3)75-77(87)78(88)76(80-79(75)89-95-90-80)72-60-68(56-64(48-40-30-22-14-6)52-46-38-34-26-18-10-2)82(92-72)74-62-70(84(86)94-74)58-66(50-42-32-24-16-8)54-44-36-28-20-12-4/h59-66H,9-58H2,1-8H3. The van der Waals surface area contributed by atoms with Crippen LogP contribution in [-0.4, -0.2) is 8.75 Å². The van der Waals surface area contributed by atoms with Gasteiger partial charge in [-0.1, -0.05) is 351 Å². The van der Waals surface area contributed by atoms with E-state index >= 15 is 8.78 Å². The second kappa shape index (κ2) is 49.3. The molecule has 5 aromatic heterocycles. The van der Waals surface area contributed by atoms with Crippen LogP contribution in [-0.2, 0) is 25.7 Å². The molecule has 0 aliphatic heterocycles. The Labute approximate surface area is 618 Å². The van der Waals surface area contributed by atoms with Crippen LogP contribution in [0, 0.1) is 35.3 Å². The van der Waals surface area contributed by atoms with E-state index < -0.39 is 11.6 Å². The number of hydrogen-bond donors (Lipinski definition) is 0. The highest BCUT2D eigenvalue weighted by Crippen LogP contribution is 2.52. The predicted molar refractivity (Wildman–Crippen MR) is 433 cm³/mol. The molecular formula is C84H132Br2F2N2S5. The van der Waals surface area contributed by atoms with E-state index in [0.29, 0.717) is 45.8 Å². The van der Waals surface area contributed by atoms with Crippen LogP contribution in [0.4, 0.5) is 8.78 Å². The zero-order valence-corrected chi connectivity index (χ0v) is 68.7. The van der Waals surface area contributed by atoms with Crippen molar-refractivity contribution in [2.45, 2.75) is 376 Å². The summed E-state index contributed by atoms with van der Waals surface area (Å²) in [7, 11) is 0. The van der Waals surface area contributed by atoms with Crippen LogP contribution in [0.2, 0.25) is 0 Å². The topological polar surface area (TPSA) is 25.8 Å². The van der Waals surface area contributed by atoms with Gasteiger partial charge in [0.2, 0.25) is 0 Å². The zero-order valence-electron chi connectivity index (χ0n) is 61.4. The van der Waals surface area contributed by atoms with Gasteiger partial charge < -0.3 is 0 Å². The molecule has 4 atom stereocenters. The lowest BCUT2D eigenvalue weighted by Crippen LogP contribution is -2.06. The Balaban J connectivity index is 1.46. The minimum absolute atomic E-state index is 0.290. The Bertz CT molecular complexity index is 2750. The van der Waals surface area contributed by atoms with Crippen LogP contribution in [0.15, 0.2) is 31.8 Å². The van der Waals surface area contributed by atoms with Crippen molar-refractivity contribution in [3.8, 4) is 40.4 Å². The van der Waals surface area contributed by atoms with E-state index in [-0.39, 0.29) is 0 Å². The molecule has 0 N–H and O–H groups in total. The van der Waals surface area contributed by atoms with E-state index in [9.17, 15) is 0 Å². The fourth-order valence-electron chi connectivity index (χ4n) is 15.1. The molecule has 95 heavy (non-hydrogen) atoms. The zero-order chi connectivity index (χ0) is 67.8. The Morgan fingerprint density at radius 3 is 0.779 bits per heavy atom. The highest BCUT2D eigenvalue weighted by molar-refractivity contribution is 9.11. The van der Waals surface area contributed by atoms with Gasteiger partial charge in [0.15, 0.2) is 11.6 Å². The van der Waals surface area contributed by atoms with E-state index in [1.54, 1.807) is 22.7 Å². The average Bonchev–Trinajstić information content (AvgIpc) is 1.71. The largest absolute Gasteiger partial charge is 0.203 e. The highest BCUT2D eigenvalue weighted by atomic mass is 79.9. The SMILES string of the molecule is CCCCCCCCC(CCCCCC)Cc1cc(-c2c(F)c(F)c(-c3cc(CC(CCCCCC)CCCCCCCC)c(-c4cc(CC(CCCCCC)CCCCCCC)c(Br)s4)s3)c3nsnc23)sc1-c1cc(CC(CCCCCC)CCCCCCC)c(Br)s1. The summed E-state index contributed by atoms with van der Waals surface area (Å²) in [4.78, 5) is 6.53. The van der Waals surface area contributed by atoms with Crippen LogP contribution in [0.25, 0.3) is 51.4 Å². The van der Waals surface area contributed by atoms with Gasteiger partial charge in [0.05, 0.1) is 30.4 Å². The molecule has 0 saturated carbocycles. The Morgan fingerprint density at radius 2 is 0.516 bits per heavy atom. The van der Waals surface area contributed by atoms with Gasteiger partial charge >= 0.3 is 0 Å². The van der Waals surface area contributed by atoms with Crippen LogP contribution in [0.3, 0.4) is 0 Å². The maximum Gasteiger partial charge on any atom is 0.170 e. The highest BCUT2D eigenvalue weighted by Gasteiger charge is 2.31. The van der Waals surface area contributed by atoms with Gasteiger partial charge in [-0.3, -0.25) is 0 Å². The number of aromatic nitrogens is 2. The van der Waals surface area contributed by atoms with Gasteiger partial charge in [-0.25, -0.2) is 8.78 Å². The van der Waals surface area contributed by atoms with Gasteiger partial charge in [-0.05, 0) is 128 Å². The summed E-state index contributed by atoms with van der Waals surface area (Å²) >= 11 is 16.5. The van der Waals surface area contributed by atoms with Crippen molar-refractivity contribution >= 4 is 100.0 Å². The van der Waals surface area contributed by atoms with Crippen molar-refractivity contribution in [2.24, 2.45) is 23.7 Å². The molecule has 0 saturated heterocycles. The van der Waals surface area contributed by atoms with Gasteiger partial charge in [0, 0.05) is 29.3 Å². The summed E-state index contributed by atoms with van der Waals surface area (Å²) in [5.41, 5.74) is 6.99. The van der Waals surface area contributed by atoms with E-state index in [1.165, 1.54) is 345 Å². The minimum Gasteiger partial charge on any atom is -0.203 e. The molecule has 0 aliphatic rings. The summed E-state index contributed by atoms with van der Waals surface area (Å²) in [6.07, 6.45) is 63.2. The summed E-state index contributed by atoms with van der Waals surface area (Å²) in [6, 6.07) is 9.52. The summed E-state index contributed by atoms with van der Waals surface area (Å²) in [5, 5.41) is 0. The lowest BCUT2D eigenvalue weighted by molar-refractivity contribution is 0.402. The van der Waals surface area contributed by atoms with Gasteiger partial charge in [-0.15, -0.1) is 45.3 Å². The molecule has 0 radical (unpaired) electrons. The maximum atomic E-state index is 18.2. The van der Waals surface area contributed by atoms with Crippen molar-refractivity contribution in [3.05, 3.63) is 65.7 Å². The molecule has 0 amide bonds. The summed E-state index contributed by atoms with van der Waals surface area (Å²) in [5.74, 6) is 0.832. The van der Waals surface area contributed by atoms with Crippen LogP contribution in [0.5, 0.6) is 0 Å². The molecule has 1 aromatic carbocycles. The number of thiophene rings is 4. The normalized spacial score (nSPS) is 13.3. The number of fused-ring (bicyclic) bond motifs is 1. The third kappa shape index (κ3) is 28.8. The second-order valence-corrected chi connectivity index (χ2v) is 36.7. The molecule has 6 rings (SSSR count). The molecule has 0 bridgehead atoms. The number of benzene rings is 1. The maximum absolute atomic E-state index is 18.2. The third-order valence-corrected chi connectivity index (χ3v) is 28.1. The third-order valence-electron chi connectivity index (χ3n) is 20.9. The smallest absolute Gasteiger partial charge is 0.170 e. The molecular weight excluding hydrogens is 1400 g/mol. The molecule has 11 heteroatoms. The monoisotopic (exact) mass is 1520 g/mol. The Morgan fingerprint density at radius 1 is 0.295 bits per heavy atom. The number of nitrogens with zero attached hydrogens (tertiary/aromatic N) is 2. The Hall–Kier alpha value is -1.34. The molecule has 5 heterocycles. The molecule has 6 aromatic rings. The molecule has 0 aliphatic carbocycles. The molecule has 0 spiro atoms. The summed E-state index contributed by atoms with van der Waals surface area (Å²) in [6.45, 7) is 18.5. The van der Waals surface area contributed by atoms with Crippen LogP contribution < -0.4 is 0 Å². The fraction of sp³-hybridized carbons (Fsp3) is 0.738. The number of rotatable bonds is 58. The van der Waals surface area contributed by atoms with Crippen molar-refractivity contribution < 1.29 is 8.78 Å². The molecule has 4 unspecified atom stereocenters. The van der Waals surface area contributed by atoms with Crippen molar-refractivity contribution in [2.75, 3.05) is 0 Å². The first-order chi connectivity index (χ1) is 46.5. The minimum atomic E-state index is -0.783. The quantitative estimate of drug-likeness (QED) is 0.0356. The van der Waals surface area contributed by atoms with Gasteiger partial charge in [0.25, 0.3) is 0 Å². The number of hydrogen-bond acceptors (Lipinski definition) is 7. The van der Waals surface area contributed by atoms with E-state index in [4.69, 9.17) is 8.75 Å². The first-order valence-corrected chi connectivity index (χ1v) is 45.6. The van der Waals surface area contributed by atoms with Crippen molar-refractivity contribution in [1.29, 1.82) is 0 Å². The van der Waals surface area contributed by atoms with Gasteiger partial charge in [0.1, 0.15) is 11.0 Å². The first kappa shape index (κ1) is 82.6. The second-order valence-electron chi connectivity index (χ2n) is 29.3. The van der Waals surface area contributed by atoms with E-state index in [2.05, 4.69) is 112 Å². The predicted octanol–water partition coefficient (Wildman–Crippen LogP) is 33.1. The van der Waals surface area contributed by atoms with Crippen LogP contribution >= 0.6 is 88.9 Å². The van der Waals surface area contributed by atoms with E-state index in [1.807, 2.05) is 22.7 Å². The van der Waals surface area contributed by atoms with Crippen LogP contribution in [0.1, 0.15) is 373 Å². The Kier molecular flexibility index (Phi) is 42.9. The van der Waals surface area contributed by atoms with Gasteiger partial charge in [-0.2, -0.15) is 8.75 Å². The number of halogens is 4. The molecule has 536 valence electrons.